The van der Waals surface area contributed by atoms with E-state index in [4.69, 9.17) is 32.7 Å². The van der Waals surface area contributed by atoms with Gasteiger partial charge in [0.15, 0.2) is 11.5 Å². The number of halogens is 2. The molecule has 1 fully saturated rings. The summed E-state index contributed by atoms with van der Waals surface area (Å²) in [6.07, 6.45) is 4.85. The monoisotopic (exact) mass is 456 g/mol. The van der Waals surface area contributed by atoms with Crippen LogP contribution in [0.5, 0.6) is 11.5 Å². The molecule has 0 radical (unpaired) electrons. The molecule has 162 valence electrons. The molecular weight excluding hydrogens is 431 g/mol. The molecule has 6 heteroatoms. The summed E-state index contributed by atoms with van der Waals surface area (Å²) in [6.45, 7) is 2.67. The number of hydrogen-bond acceptors (Lipinski definition) is 4. The van der Waals surface area contributed by atoms with Crippen LogP contribution in [0.3, 0.4) is 0 Å². The van der Waals surface area contributed by atoms with Crippen LogP contribution in [0.4, 0.5) is 11.4 Å². The van der Waals surface area contributed by atoms with Gasteiger partial charge in [0.1, 0.15) is 10.3 Å². The summed E-state index contributed by atoms with van der Waals surface area (Å²) >= 11 is 12.3. The molecule has 4 nitrogen and oxygen atoms in total. The molecule has 1 saturated carbocycles. The van der Waals surface area contributed by atoms with Crippen LogP contribution in [0.1, 0.15) is 36.8 Å². The molecule has 1 heterocycles. The van der Waals surface area contributed by atoms with Crippen molar-refractivity contribution in [1.82, 2.24) is 4.98 Å². The lowest BCUT2D eigenvalue weighted by atomic mass is 10.1. The molecule has 1 aliphatic carbocycles. The number of benzene rings is 2. The minimum Gasteiger partial charge on any atom is -0.493 e. The Morgan fingerprint density at radius 2 is 1.65 bits per heavy atom. The maximum atomic E-state index is 6.33. The van der Waals surface area contributed by atoms with E-state index in [1.807, 2.05) is 24.3 Å². The first-order chi connectivity index (χ1) is 15.0. The number of nitrogens with zero attached hydrogens (tertiary/aromatic N) is 2. The van der Waals surface area contributed by atoms with Gasteiger partial charge < -0.3 is 14.4 Å². The van der Waals surface area contributed by atoms with E-state index < -0.39 is 0 Å². The SMILES string of the molecule is COc1ccc(N(Cc2cc(Cl)nc(Cl)c2)c2cccc(C)c2)cc1OC1CCCC1. The number of ether oxygens (including phenoxy) is 2. The summed E-state index contributed by atoms with van der Waals surface area (Å²) < 4.78 is 11.9. The highest BCUT2D eigenvalue weighted by atomic mass is 35.5. The van der Waals surface area contributed by atoms with Gasteiger partial charge in [-0.1, -0.05) is 35.3 Å². The van der Waals surface area contributed by atoms with Gasteiger partial charge in [0.05, 0.1) is 13.2 Å². The third-order valence-corrected chi connectivity index (χ3v) is 5.92. The Morgan fingerprint density at radius 1 is 0.935 bits per heavy atom. The smallest absolute Gasteiger partial charge is 0.163 e. The fraction of sp³-hybridized carbons (Fsp3) is 0.320. The van der Waals surface area contributed by atoms with Crippen molar-refractivity contribution in [3.63, 3.8) is 0 Å². The maximum Gasteiger partial charge on any atom is 0.163 e. The van der Waals surface area contributed by atoms with Crippen molar-refractivity contribution in [1.29, 1.82) is 0 Å². The molecule has 2 aromatic carbocycles. The standard InChI is InChI=1S/C25H26Cl2N2O2/c1-17-6-5-7-19(12-17)29(16-18-13-24(26)28-25(27)14-18)20-10-11-22(30-2)23(15-20)31-21-8-3-4-9-21/h5-7,10-15,21H,3-4,8-9,16H2,1-2H3. The molecule has 31 heavy (non-hydrogen) atoms. The van der Waals surface area contributed by atoms with E-state index in [0.717, 1.165) is 41.3 Å². The van der Waals surface area contributed by atoms with Crippen molar-refractivity contribution in [2.75, 3.05) is 12.0 Å². The molecule has 0 unspecified atom stereocenters. The average molecular weight is 457 g/mol. The second-order valence-corrected chi connectivity index (χ2v) is 8.68. The van der Waals surface area contributed by atoms with E-state index in [0.29, 0.717) is 16.9 Å². The first kappa shape index (κ1) is 21.8. The van der Waals surface area contributed by atoms with Crippen LogP contribution in [-0.2, 0) is 6.54 Å². The Kier molecular flexibility index (Phi) is 6.89. The predicted octanol–water partition coefficient (Wildman–Crippen LogP) is 7.37. The minimum atomic E-state index is 0.245. The Bertz CT molecular complexity index is 1030. The Hall–Kier alpha value is -2.43. The first-order valence-electron chi connectivity index (χ1n) is 10.5. The van der Waals surface area contributed by atoms with Crippen molar-refractivity contribution < 1.29 is 9.47 Å². The molecule has 1 aliphatic rings. The van der Waals surface area contributed by atoms with Gasteiger partial charge in [-0.2, -0.15) is 0 Å². The Morgan fingerprint density at radius 3 is 2.32 bits per heavy atom. The Balaban J connectivity index is 1.73. The van der Waals surface area contributed by atoms with E-state index in [1.54, 1.807) is 7.11 Å². The van der Waals surface area contributed by atoms with Crippen molar-refractivity contribution in [2.24, 2.45) is 0 Å². The molecule has 0 N–H and O–H groups in total. The highest BCUT2D eigenvalue weighted by Gasteiger charge is 2.20. The van der Waals surface area contributed by atoms with Crippen LogP contribution in [0.15, 0.2) is 54.6 Å². The largest absolute Gasteiger partial charge is 0.493 e. The lowest BCUT2D eigenvalue weighted by Gasteiger charge is -2.27. The molecule has 0 spiro atoms. The first-order valence-corrected chi connectivity index (χ1v) is 11.3. The fourth-order valence-electron chi connectivity index (χ4n) is 4.03. The number of methoxy groups -OCH3 is 1. The van der Waals surface area contributed by atoms with Gasteiger partial charge >= 0.3 is 0 Å². The van der Waals surface area contributed by atoms with Crippen LogP contribution in [0.25, 0.3) is 0 Å². The van der Waals surface area contributed by atoms with Gasteiger partial charge in [-0.25, -0.2) is 4.98 Å². The van der Waals surface area contributed by atoms with E-state index in [1.165, 1.54) is 18.4 Å². The number of anilines is 2. The number of hydrogen-bond donors (Lipinski definition) is 0. The Labute approximate surface area is 193 Å². The van der Waals surface area contributed by atoms with Gasteiger partial charge in [0.25, 0.3) is 0 Å². The molecule has 3 aromatic rings. The number of aromatic nitrogens is 1. The lowest BCUT2D eigenvalue weighted by Crippen LogP contribution is -2.17. The predicted molar refractivity (Wildman–Crippen MR) is 127 cm³/mol. The molecule has 1 aromatic heterocycles. The van der Waals surface area contributed by atoms with E-state index in [2.05, 4.69) is 47.1 Å². The van der Waals surface area contributed by atoms with Gasteiger partial charge in [-0.05, 0) is 80.1 Å². The summed E-state index contributed by atoms with van der Waals surface area (Å²) in [5.74, 6) is 1.52. The van der Waals surface area contributed by atoms with Crippen molar-refractivity contribution >= 4 is 34.6 Å². The zero-order valence-electron chi connectivity index (χ0n) is 17.8. The highest BCUT2D eigenvalue weighted by molar-refractivity contribution is 6.32. The summed E-state index contributed by atoms with van der Waals surface area (Å²) in [7, 11) is 1.68. The molecule has 0 bridgehead atoms. The number of pyridine rings is 1. The van der Waals surface area contributed by atoms with Crippen molar-refractivity contribution in [3.05, 3.63) is 76.0 Å². The van der Waals surface area contributed by atoms with Crippen molar-refractivity contribution in [3.8, 4) is 11.5 Å². The van der Waals surface area contributed by atoms with Crippen molar-refractivity contribution in [2.45, 2.75) is 45.3 Å². The summed E-state index contributed by atoms with van der Waals surface area (Å²) in [4.78, 5) is 6.29. The van der Waals surface area contributed by atoms with Gasteiger partial charge in [0.2, 0.25) is 0 Å². The lowest BCUT2D eigenvalue weighted by molar-refractivity contribution is 0.201. The van der Waals surface area contributed by atoms with Gasteiger partial charge in [-0.3, -0.25) is 0 Å². The summed E-state index contributed by atoms with van der Waals surface area (Å²) in [6, 6.07) is 18.2. The number of rotatable bonds is 7. The third-order valence-electron chi connectivity index (χ3n) is 5.53. The second-order valence-electron chi connectivity index (χ2n) is 7.91. The van der Waals surface area contributed by atoms with Crippen LogP contribution in [0, 0.1) is 6.92 Å². The molecular formula is C25H26Cl2N2O2. The van der Waals surface area contributed by atoms with E-state index in [9.17, 15) is 0 Å². The molecule has 0 amide bonds. The zero-order valence-corrected chi connectivity index (χ0v) is 19.3. The van der Waals surface area contributed by atoms with E-state index >= 15 is 0 Å². The van der Waals surface area contributed by atoms with Crippen LogP contribution < -0.4 is 14.4 Å². The van der Waals surface area contributed by atoms with Gasteiger partial charge in [-0.15, -0.1) is 0 Å². The molecule has 4 rings (SSSR count). The normalized spacial score (nSPS) is 13.9. The average Bonchev–Trinajstić information content (AvgIpc) is 3.24. The van der Waals surface area contributed by atoms with Crippen LogP contribution >= 0.6 is 23.2 Å². The zero-order chi connectivity index (χ0) is 21.8. The van der Waals surface area contributed by atoms with Crippen LogP contribution in [-0.4, -0.2) is 18.2 Å². The molecule has 0 saturated heterocycles. The summed E-state index contributed by atoms with van der Waals surface area (Å²) in [5.41, 5.74) is 4.23. The van der Waals surface area contributed by atoms with Crippen LogP contribution in [0.2, 0.25) is 10.3 Å². The minimum absolute atomic E-state index is 0.245. The quantitative estimate of drug-likeness (QED) is 0.347. The molecule has 0 atom stereocenters. The fourth-order valence-corrected chi connectivity index (χ4v) is 4.53. The number of aryl methyl sites for hydroxylation is 1. The second kappa shape index (κ2) is 9.80. The third kappa shape index (κ3) is 5.44. The maximum absolute atomic E-state index is 6.33. The molecule has 0 aliphatic heterocycles. The van der Waals surface area contributed by atoms with Gasteiger partial charge in [0, 0.05) is 24.0 Å². The topological polar surface area (TPSA) is 34.6 Å². The summed E-state index contributed by atoms with van der Waals surface area (Å²) in [5, 5.41) is 0.762. The highest BCUT2D eigenvalue weighted by Crippen LogP contribution is 2.38. The van der Waals surface area contributed by atoms with E-state index in [-0.39, 0.29) is 6.10 Å².